The SMILES string of the molecule is CN1CCCCC1C1CCSC(C(=O)O)(C(CC2CCCCC2)NC(=O)OCc2ccccc2)S1. The first-order valence-corrected chi connectivity index (χ1v) is 15.1. The van der Waals surface area contributed by atoms with Gasteiger partial charge in [-0.25, -0.2) is 9.59 Å². The highest BCUT2D eigenvalue weighted by atomic mass is 32.2. The maximum atomic E-state index is 13.0. The van der Waals surface area contributed by atoms with Crippen molar-refractivity contribution in [3.63, 3.8) is 0 Å². The molecule has 1 aliphatic carbocycles. The monoisotopic (exact) mass is 520 g/mol. The van der Waals surface area contributed by atoms with E-state index in [4.69, 9.17) is 4.74 Å². The summed E-state index contributed by atoms with van der Waals surface area (Å²) >= 11 is 3.12. The lowest BCUT2D eigenvalue weighted by Crippen LogP contribution is -2.58. The third-order valence-electron chi connectivity index (χ3n) is 7.86. The first-order valence-electron chi connectivity index (χ1n) is 13.2. The molecule has 2 aliphatic heterocycles. The van der Waals surface area contributed by atoms with E-state index in [9.17, 15) is 14.7 Å². The molecule has 3 aliphatic rings. The van der Waals surface area contributed by atoms with E-state index in [-0.39, 0.29) is 11.9 Å². The van der Waals surface area contributed by atoms with Gasteiger partial charge in [0.15, 0.2) is 4.08 Å². The van der Waals surface area contributed by atoms with E-state index in [0.717, 1.165) is 43.5 Å². The molecule has 1 amide bonds. The normalized spacial score (nSPS) is 29.3. The zero-order valence-corrected chi connectivity index (χ0v) is 22.5. The maximum absolute atomic E-state index is 13.0. The molecule has 6 nitrogen and oxygen atoms in total. The molecule has 35 heavy (non-hydrogen) atoms. The summed E-state index contributed by atoms with van der Waals surface area (Å²) in [4.78, 5) is 28.4. The topological polar surface area (TPSA) is 78.9 Å². The number of rotatable bonds is 8. The highest BCUT2D eigenvalue weighted by Gasteiger charge is 2.53. The van der Waals surface area contributed by atoms with E-state index < -0.39 is 22.2 Å². The number of alkyl carbamates (subject to hydrolysis) is 1. The van der Waals surface area contributed by atoms with Crippen molar-refractivity contribution in [1.29, 1.82) is 0 Å². The Kier molecular flexibility index (Phi) is 9.70. The number of nitrogens with zero attached hydrogens (tertiary/aromatic N) is 1. The summed E-state index contributed by atoms with van der Waals surface area (Å²) in [6, 6.07) is 9.52. The molecule has 0 spiro atoms. The molecule has 4 unspecified atom stereocenters. The number of amides is 1. The highest BCUT2D eigenvalue weighted by Crippen LogP contribution is 2.52. The van der Waals surface area contributed by atoms with Crippen molar-refractivity contribution in [2.45, 2.75) is 92.2 Å². The summed E-state index contributed by atoms with van der Waals surface area (Å²) < 4.78 is 4.46. The van der Waals surface area contributed by atoms with Crippen LogP contribution in [0.5, 0.6) is 0 Å². The molecule has 2 saturated heterocycles. The van der Waals surface area contributed by atoms with Gasteiger partial charge in [0, 0.05) is 11.3 Å². The van der Waals surface area contributed by atoms with E-state index in [1.54, 1.807) is 11.8 Å². The molecule has 0 aromatic heterocycles. The van der Waals surface area contributed by atoms with Crippen LogP contribution in [0.2, 0.25) is 0 Å². The smallest absolute Gasteiger partial charge is 0.407 e. The zero-order chi connectivity index (χ0) is 24.7. The Labute approximate surface area is 218 Å². The maximum Gasteiger partial charge on any atom is 0.407 e. The van der Waals surface area contributed by atoms with Gasteiger partial charge in [0.2, 0.25) is 0 Å². The molecule has 4 rings (SSSR count). The number of carboxylic acids is 1. The summed E-state index contributed by atoms with van der Waals surface area (Å²) in [5.41, 5.74) is 0.918. The molecule has 3 fully saturated rings. The summed E-state index contributed by atoms with van der Waals surface area (Å²) in [5, 5.41) is 14.0. The van der Waals surface area contributed by atoms with Crippen LogP contribution < -0.4 is 5.32 Å². The second kappa shape index (κ2) is 12.7. The Morgan fingerprint density at radius 2 is 1.86 bits per heavy atom. The van der Waals surface area contributed by atoms with Gasteiger partial charge >= 0.3 is 12.1 Å². The number of ether oxygens (including phenoxy) is 1. The second-order valence-corrected chi connectivity index (χ2v) is 13.4. The Morgan fingerprint density at radius 1 is 1.11 bits per heavy atom. The highest BCUT2D eigenvalue weighted by molar-refractivity contribution is 8.20. The molecule has 1 aromatic carbocycles. The van der Waals surface area contributed by atoms with Crippen LogP contribution >= 0.6 is 23.5 Å². The number of aliphatic carboxylic acids is 1. The Morgan fingerprint density at radius 3 is 2.57 bits per heavy atom. The van der Waals surface area contributed by atoms with Crippen molar-refractivity contribution >= 4 is 35.6 Å². The largest absolute Gasteiger partial charge is 0.480 e. The van der Waals surface area contributed by atoms with Crippen molar-refractivity contribution in [3.05, 3.63) is 35.9 Å². The van der Waals surface area contributed by atoms with Crippen LogP contribution in [0.15, 0.2) is 30.3 Å². The number of hydrogen-bond acceptors (Lipinski definition) is 6. The van der Waals surface area contributed by atoms with Crippen molar-refractivity contribution in [2.24, 2.45) is 5.92 Å². The number of carbonyl (C=O) groups excluding carboxylic acids is 1. The van der Waals surface area contributed by atoms with Gasteiger partial charge < -0.3 is 20.1 Å². The summed E-state index contributed by atoms with van der Waals surface area (Å²) in [7, 11) is 2.17. The van der Waals surface area contributed by atoms with Gasteiger partial charge in [0.25, 0.3) is 0 Å². The average molecular weight is 521 g/mol. The summed E-state index contributed by atoms with van der Waals surface area (Å²) in [6.45, 7) is 1.25. The number of thioether (sulfide) groups is 2. The lowest BCUT2D eigenvalue weighted by atomic mass is 9.84. The van der Waals surface area contributed by atoms with Crippen LogP contribution in [0.25, 0.3) is 0 Å². The fraction of sp³-hybridized carbons (Fsp3) is 0.704. The van der Waals surface area contributed by atoms with Crippen molar-refractivity contribution in [3.8, 4) is 0 Å². The van der Waals surface area contributed by atoms with Crippen molar-refractivity contribution in [1.82, 2.24) is 10.2 Å². The predicted molar refractivity (Wildman–Crippen MR) is 144 cm³/mol. The van der Waals surface area contributed by atoms with Crippen molar-refractivity contribution in [2.75, 3.05) is 19.3 Å². The predicted octanol–water partition coefficient (Wildman–Crippen LogP) is 5.76. The van der Waals surface area contributed by atoms with E-state index in [2.05, 4.69) is 17.3 Å². The lowest BCUT2D eigenvalue weighted by Gasteiger charge is -2.47. The molecule has 2 heterocycles. The fourth-order valence-corrected chi connectivity index (χ4v) is 9.71. The number of nitrogens with one attached hydrogen (secondary N) is 1. The molecule has 0 radical (unpaired) electrons. The number of carbonyl (C=O) groups is 2. The van der Waals surface area contributed by atoms with Crippen LogP contribution in [0.3, 0.4) is 0 Å². The van der Waals surface area contributed by atoms with Crippen LogP contribution in [0.4, 0.5) is 4.79 Å². The Balaban J connectivity index is 1.52. The van der Waals surface area contributed by atoms with Gasteiger partial charge in [0.1, 0.15) is 6.61 Å². The minimum Gasteiger partial charge on any atom is -0.480 e. The number of hydrogen-bond donors (Lipinski definition) is 2. The Hall–Kier alpha value is -1.38. The van der Waals surface area contributed by atoms with Gasteiger partial charge in [-0.3, -0.25) is 0 Å². The lowest BCUT2D eigenvalue weighted by molar-refractivity contribution is -0.138. The van der Waals surface area contributed by atoms with Gasteiger partial charge in [-0.05, 0) is 56.5 Å². The standard InChI is InChI=1S/C27H40N2O4S2/c1-29-16-9-8-14-22(29)23-15-17-34-27(35-23,25(30)31)24(18-20-10-4-2-5-11-20)28-26(32)33-19-21-12-6-3-7-13-21/h3,6-7,12-13,20,22-24H,2,4-5,8-11,14-19H2,1H3,(H,28,32)(H,30,31). The van der Waals surface area contributed by atoms with Crippen LogP contribution in [0.1, 0.15) is 69.8 Å². The minimum absolute atomic E-state index is 0.179. The first-order chi connectivity index (χ1) is 17.0. The number of likely N-dealkylation sites (tertiary alicyclic amines) is 1. The number of carboxylic acid groups (broad SMARTS) is 1. The van der Waals surface area contributed by atoms with E-state index in [1.807, 2.05) is 30.3 Å². The molecule has 2 N–H and O–H groups in total. The van der Waals surface area contributed by atoms with Crippen LogP contribution in [-0.4, -0.2) is 62.8 Å². The minimum atomic E-state index is -1.09. The molecule has 1 saturated carbocycles. The van der Waals surface area contributed by atoms with E-state index >= 15 is 0 Å². The van der Waals surface area contributed by atoms with Gasteiger partial charge in [0.05, 0.1) is 6.04 Å². The summed E-state index contributed by atoms with van der Waals surface area (Å²) in [5.74, 6) is 0.425. The Bertz CT molecular complexity index is 836. The van der Waals surface area contributed by atoms with Crippen molar-refractivity contribution < 1.29 is 19.4 Å². The van der Waals surface area contributed by atoms with E-state index in [0.29, 0.717) is 18.4 Å². The van der Waals surface area contributed by atoms with Gasteiger partial charge in [-0.1, -0.05) is 68.9 Å². The van der Waals surface area contributed by atoms with Gasteiger partial charge in [-0.2, -0.15) is 0 Å². The number of benzene rings is 1. The molecular weight excluding hydrogens is 480 g/mol. The van der Waals surface area contributed by atoms with Gasteiger partial charge in [-0.15, -0.1) is 23.5 Å². The zero-order valence-electron chi connectivity index (χ0n) is 20.8. The van der Waals surface area contributed by atoms with Crippen LogP contribution in [-0.2, 0) is 16.1 Å². The molecule has 0 bridgehead atoms. The molecular formula is C27H40N2O4S2. The van der Waals surface area contributed by atoms with E-state index in [1.165, 1.54) is 43.9 Å². The second-order valence-electron chi connectivity index (χ2n) is 10.3. The third-order valence-corrected chi connectivity index (χ3v) is 11.5. The molecule has 1 aromatic rings. The summed E-state index contributed by atoms with van der Waals surface area (Å²) in [6.07, 6.45) is 10.6. The average Bonchev–Trinajstić information content (AvgIpc) is 2.88. The quantitative estimate of drug-likeness (QED) is 0.451. The molecule has 8 heteroatoms. The molecule has 194 valence electrons. The molecule has 4 atom stereocenters. The fourth-order valence-electron chi connectivity index (χ4n) is 5.90. The third kappa shape index (κ3) is 6.89. The van der Waals surface area contributed by atoms with Crippen LogP contribution in [0, 0.1) is 5.92 Å². The first kappa shape index (κ1) is 26.7. The number of piperidine rings is 1.